The normalized spacial score (nSPS) is 13.4. The van der Waals surface area contributed by atoms with Crippen molar-refractivity contribution in [3.05, 3.63) is 102 Å². The number of likely N-dealkylation sites (tertiary alicyclic amines) is 1. The summed E-state index contributed by atoms with van der Waals surface area (Å²) in [7, 11) is -3.57. The third-order valence-corrected chi connectivity index (χ3v) is 8.33. The first-order valence-corrected chi connectivity index (χ1v) is 17.3. The highest BCUT2D eigenvalue weighted by atomic mass is 35.5. The second-order valence-corrected chi connectivity index (χ2v) is 13.5. The molecule has 5 rings (SSSR count). The van der Waals surface area contributed by atoms with Crippen LogP contribution in [0.15, 0.2) is 79.0 Å². The van der Waals surface area contributed by atoms with E-state index in [0.29, 0.717) is 38.2 Å². The molecular weight excluding hydrogens is 708 g/mol. The zero-order valence-electron chi connectivity index (χ0n) is 27.6. The van der Waals surface area contributed by atoms with Crippen LogP contribution >= 0.6 is 12.4 Å². The molecule has 2 heterocycles. The molecule has 4 aromatic rings. The lowest BCUT2D eigenvalue weighted by Crippen LogP contribution is -2.49. The Hall–Kier alpha value is -5.32. The van der Waals surface area contributed by atoms with E-state index >= 15 is 0 Å². The third kappa shape index (κ3) is 10.6. The molecule has 1 aliphatic heterocycles. The molecule has 1 aliphatic rings. The zero-order valence-corrected chi connectivity index (χ0v) is 29.2. The fraction of sp³-hybridized carbons (Fsp3) is 0.235. The molecule has 1 fully saturated rings. The van der Waals surface area contributed by atoms with Gasteiger partial charge >= 0.3 is 6.03 Å². The van der Waals surface area contributed by atoms with Crippen molar-refractivity contribution in [2.75, 3.05) is 39.6 Å². The minimum Gasteiger partial charge on any atom is -0.438 e. The molecule has 0 radical (unpaired) electrons. The molecule has 0 saturated carbocycles. The van der Waals surface area contributed by atoms with Crippen molar-refractivity contribution in [2.45, 2.75) is 32.4 Å². The van der Waals surface area contributed by atoms with Crippen molar-refractivity contribution in [3.63, 3.8) is 0 Å². The Morgan fingerprint density at radius 3 is 2.33 bits per heavy atom. The Morgan fingerprint density at radius 2 is 1.71 bits per heavy atom. The van der Waals surface area contributed by atoms with E-state index in [-0.39, 0.29) is 52.7 Å². The number of nitrogens with one attached hydrogen (secondary N) is 3. The monoisotopic (exact) mass is 743 g/mol. The number of carbonyl (C=O) groups is 3. The molecule has 51 heavy (non-hydrogen) atoms. The van der Waals surface area contributed by atoms with Crippen LogP contribution < -0.4 is 30.7 Å². The maximum absolute atomic E-state index is 14.3. The number of pyridine rings is 1. The second-order valence-electron chi connectivity index (χ2n) is 11.7. The number of urea groups is 1. The van der Waals surface area contributed by atoms with Gasteiger partial charge in [0.15, 0.2) is 0 Å². The number of hydrogen-bond donors (Lipinski definition) is 4. The second kappa shape index (κ2) is 16.6. The van der Waals surface area contributed by atoms with E-state index in [4.69, 9.17) is 10.5 Å². The lowest BCUT2D eigenvalue weighted by atomic mass is 10.0. The Kier molecular flexibility index (Phi) is 12.5. The maximum Gasteiger partial charge on any atom is 0.326 e. The minimum absolute atomic E-state index is 0. The number of piperidine rings is 1. The lowest BCUT2D eigenvalue weighted by Gasteiger charge is -2.38. The van der Waals surface area contributed by atoms with Gasteiger partial charge in [-0.1, -0.05) is 12.1 Å². The van der Waals surface area contributed by atoms with Crippen LogP contribution in [0, 0.1) is 11.6 Å². The number of anilines is 4. The van der Waals surface area contributed by atoms with Crippen molar-refractivity contribution < 1.29 is 36.3 Å². The summed E-state index contributed by atoms with van der Waals surface area (Å²) in [5, 5.41) is 5.14. The largest absolute Gasteiger partial charge is 0.438 e. The molecule has 17 heteroatoms. The first kappa shape index (κ1) is 38.5. The minimum atomic E-state index is -3.57. The summed E-state index contributed by atoms with van der Waals surface area (Å²) in [6, 6.07) is 16.3. The third-order valence-electron chi connectivity index (χ3n) is 7.72. The molecule has 0 aliphatic carbocycles. The van der Waals surface area contributed by atoms with Crippen molar-refractivity contribution in [1.29, 1.82) is 0 Å². The summed E-state index contributed by atoms with van der Waals surface area (Å²) >= 11 is 0. The Balaban J connectivity index is 0.00000583. The van der Waals surface area contributed by atoms with Gasteiger partial charge in [0.25, 0.3) is 5.91 Å². The van der Waals surface area contributed by atoms with Crippen LogP contribution in [-0.4, -0.2) is 61.5 Å². The molecule has 0 unspecified atom stereocenters. The zero-order chi connectivity index (χ0) is 36.0. The molecule has 0 spiro atoms. The van der Waals surface area contributed by atoms with E-state index in [2.05, 4.69) is 25.2 Å². The molecule has 13 nitrogen and oxygen atoms in total. The number of ether oxygens (including phenoxy) is 1. The summed E-state index contributed by atoms with van der Waals surface area (Å²) in [6.45, 7) is 3.02. The van der Waals surface area contributed by atoms with Crippen molar-refractivity contribution in [1.82, 2.24) is 9.88 Å². The van der Waals surface area contributed by atoms with E-state index in [9.17, 15) is 31.6 Å². The summed E-state index contributed by atoms with van der Waals surface area (Å²) in [5.41, 5.74) is 7.04. The number of aromatic nitrogens is 1. The average Bonchev–Trinajstić information content (AvgIpc) is 3.04. The van der Waals surface area contributed by atoms with E-state index in [1.165, 1.54) is 60.4 Å². The quantitative estimate of drug-likeness (QED) is 0.151. The van der Waals surface area contributed by atoms with Gasteiger partial charge in [0.1, 0.15) is 17.4 Å². The van der Waals surface area contributed by atoms with Crippen LogP contribution in [0.25, 0.3) is 0 Å². The van der Waals surface area contributed by atoms with Gasteiger partial charge in [-0.3, -0.25) is 24.1 Å². The van der Waals surface area contributed by atoms with Gasteiger partial charge in [-0.15, -0.1) is 12.4 Å². The van der Waals surface area contributed by atoms with Gasteiger partial charge in [-0.25, -0.2) is 27.0 Å². The number of halogens is 3. The van der Waals surface area contributed by atoms with Crippen molar-refractivity contribution in [3.8, 4) is 11.6 Å². The van der Waals surface area contributed by atoms with Crippen LogP contribution in [0.1, 0.15) is 35.7 Å². The van der Waals surface area contributed by atoms with E-state index in [0.717, 1.165) is 17.9 Å². The van der Waals surface area contributed by atoms with Crippen molar-refractivity contribution >= 4 is 63.0 Å². The number of nitrogens with two attached hydrogens (primary N) is 1. The van der Waals surface area contributed by atoms with E-state index < -0.39 is 39.5 Å². The summed E-state index contributed by atoms with van der Waals surface area (Å²) in [6.07, 6.45) is 3.76. The molecule has 270 valence electrons. The molecule has 4 amide bonds. The fourth-order valence-corrected chi connectivity index (χ4v) is 6.11. The highest BCUT2D eigenvalue weighted by molar-refractivity contribution is 7.92. The first-order chi connectivity index (χ1) is 23.7. The number of amides is 4. The predicted molar refractivity (Wildman–Crippen MR) is 192 cm³/mol. The number of nitrogens with zero attached hydrogens (tertiary/aromatic N) is 3. The van der Waals surface area contributed by atoms with Crippen LogP contribution in [0.3, 0.4) is 0 Å². The van der Waals surface area contributed by atoms with Crippen molar-refractivity contribution in [2.24, 2.45) is 5.73 Å². The number of carbonyl (C=O) groups excluding carboxylic acids is 3. The SMILES string of the molecule is CC(=O)Nc1cc(NC(=O)N(c2cccc(F)c2)C2CCN(Cc3ccc(Oc4ccc(NS(C)(=O)=O)cc4C(N)=O)nc3)CC2)ccc1F.Cl. The maximum atomic E-state index is 14.3. The van der Waals surface area contributed by atoms with Crippen LogP contribution in [0.2, 0.25) is 0 Å². The topological polar surface area (TPSA) is 176 Å². The molecule has 5 N–H and O–H groups in total. The van der Waals surface area contributed by atoms with Crippen LogP contribution in [0.5, 0.6) is 11.6 Å². The van der Waals surface area contributed by atoms with Crippen LogP contribution in [-0.2, 0) is 21.4 Å². The number of primary amides is 1. The van der Waals surface area contributed by atoms with Crippen LogP contribution in [0.4, 0.5) is 36.3 Å². The van der Waals surface area contributed by atoms with E-state index in [1.807, 2.05) is 6.07 Å². The average molecular weight is 744 g/mol. The molecule has 0 bridgehead atoms. The number of sulfonamides is 1. The van der Waals surface area contributed by atoms with E-state index in [1.54, 1.807) is 18.3 Å². The Bertz CT molecular complexity index is 2010. The fourth-order valence-electron chi connectivity index (χ4n) is 5.55. The number of hydrogen-bond acceptors (Lipinski definition) is 8. The first-order valence-electron chi connectivity index (χ1n) is 15.4. The van der Waals surface area contributed by atoms with Gasteiger partial charge in [-0.05, 0) is 73.0 Å². The highest BCUT2D eigenvalue weighted by Gasteiger charge is 2.30. The standard InChI is InChI=1S/C34H35F2N7O6S.ClH/c1-21(44)39-30-18-24(7-9-29(30)36)40-34(46)43(27-5-3-4-23(35)16-27)26-12-14-42(15-13-26)20-22-6-11-32(38-19-22)49-31-10-8-25(41-50(2,47)48)17-28(31)33(37)45;/h3-11,16-19,26,41H,12-15,20H2,1-2H3,(H2,37,45)(H,39,44)(H,40,46);1H. The van der Waals surface area contributed by atoms with Gasteiger partial charge in [-0.2, -0.15) is 0 Å². The molecule has 0 atom stereocenters. The predicted octanol–water partition coefficient (Wildman–Crippen LogP) is 5.71. The van der Waals surface area contributed by atoms with Gasteiger partial charge in [0.2, 0.25) is 21.8 Å². The summed E-state index contributed by atoms with van der Waals surface area (Å²) in [4.78, 5) is 45.2. The Morgan fingerprint density at radius 1 is 0.980 bits per heavy atom. The molecule has 3 aromatic carbocycles. The molecule has 1 aromatic heterocycles. The molecular formula is C34H36ClF2N7O6S. The highest BCUT2D eigenvalue weighted by Crippen LogP contribution is 2.29. The Labute approximate surface area is 299 Å². The van der Waals surface area contributed by atoms with Gasteiger partial charge in [0, 0.05) is 61.9 Å². The molecule has 1 saturated heterocycles. The van der Waals surface area contributed by atoms with Gasteiger partial charge in [0.05, 0.1) is 17.5 Å². The smallest absolute Gasteiger partial charge is 0.326 e. The van der Waals surface area contributed by atoms with Gasteiger partial charge < -0.3 is 21.1 Å². The number of rotatable bonds is 11. The summed E-state index contributed by atoms with van der Waals surface area (Å²) < 4.78 is 59.6. The number of benzene rings is 3. The lowest BCUT2D eigenvalue weighted by molar-refractivity contribution is -0.114. The summed E-state index contributed by atoms with van der Waals surface area (Å²) in [5.74, 6) is -2.12.